The number of hydrogen-bond acceptors (Lipinski definition) is 2. The molecule has 1 aliphatic heterocycles. The zero-order chi connectivity index (χ0) is 16.8. The number of rotatable bonds is 3. The lowest BCUT2D eigenvalue weighted by atomic mass is 9.82. The van der Waals surface area contributed by atoms with Crippen molar-refractivity contribution in [3.05, 3.63) is 35.4 Å². The van der Waals surface area contributed by atoms with Crippen LogP contribution < -0.4 is 0 Å². The molecular formula is C17H19F2NO3. The number of piperidine rings is 1. The summed E-state index contributed by atoms with van der Waals surface area (Å²) in [6, 6.07) is 3.69. The molecule has 6 heteroatoms. The summed E-state index contributed by atoms with van der Waals surface area (Å²) in [6.07, 6.45) is 1.57. The maximum atomic E-state index is 13.8. The van der Waals surface area contributed by atoms with Crippen LogP contribution in [0.25, 0.3) is 0 Å². The lowest BCUT2D eigenvalue weighted by molar-refractivity contribution is -0.153. The summed E-state index contributed by atoms with van der Waals surface area (Å²) < 4.78 is 27.6. The molecule has 2 fully saturated rings. The van der Waals surface area contributed by atoms with Crippen LogP contribution in [-0.2, 0) is 9.59 Å². The third-order valence-electron chi connectivity index (χ3n) is 5.00. The molecule has 1 saturated heterocycles. The smallest absolute Gasteiger partial charge is 0.311 e. The normalized spacial score (nSPS) is 30.1. The number of aliphatic carboxylic acids is 1. The Morgan fingerprint density at radius 2 is 1.96 bits per heavy atom. The first-order chi connectivity index (χ1) is 10.8. The van der Waals surface area contributed by atoms with Crippen molar-refractivity contribution in [2.24, 2.45) is 11.3 Å². The Hall–Kier alpha value is -1.98. The molecule has 3 atom stereocenters. The molecule has 0 aromatic heterocycles. The Morgan fingerprint density at radius 3 is 2.57 bits per heavy atom. The fourth-order valence-corrected chi connectivity index (χ4v) is 3.49. The lowest BCUT2D eigenvalue weighted by Gasteiger charge is -2.37. The largest absolute Gasteiger partial charge is 0.481 e. The summed E-state index contributed by atoms with van der Waals surface area (Å²) in [5.74, 6) is -3.25. The summed E-state index contributed by atoms with van der Waals surface area (Å²) in [4.78, 5) is 25.5. The van der Waals surface area contributed by atoms with Crippen molar-refractivity contribution < 1.29 is 23.5 Å². The molecule has 1 aliphatic carbocycles. The minimum Gasteiger partial charge on any atom is -0.481 e. The minimum atomic E-state index is -0.943. The van der Waals surface area contributed by atoms with E-state index in [1.54, 1.807) is 11.8 Å². The van der Waals surface area contributed by atoms with Crippen LogP contribution in [0.5, 0.6) is 0 Å². The Bertz CT molecular complexity index is 643. The molecule has 3 unspecified atom stereocenters. The van der Waals surface area contributed by atoms with E-state index >= 15 is 0 Å². The number of carboxylic acid groups (broad SMARTS) is 1. The highest BCUT2D eigenvalue weighted by atomic mass is 19.1. The molecule has 1 aromatic rings. The third kappa shape index (κ3) is 2.82. The SMILES string of the molecule is CC1(C(=O)O)CCCN(C(=O)C2CC2c2c(F)cccc2F)C1. The Kier molecular flexibility index (Phi) is 3.86. The van der Waals surface area contributed by atoms with E-state index in [0.29, 0.717) is 25.8 Å². The molecule has 1 saturated carbocycles. The maximum Gasteiger partial charge on any atom is 0.311 e. The fourth-order valence-electron chi connectivity index (χ4n) is 3.49. The van der Waals surface area contributed by atoms with Crippen LogP contribution in [0.15, 0.2) is 18.2 Å². The van der Waals surface area contributed by atoms with Crippen molar-refractivity contribution >= 4 is 11.9 Å². The van der Waals surface area contributed by atoms with Crippen LogP contribution in [0.1, 0.15) is 37.7 Å². The lowest BCUT2D eigenvalue weighted by Crippen LogP contribution is -2.49. The van der Waals surface area contributed by atoms with Crippen molar-refractivity contribution in [3.8, 4) is 0 Å². The van der Waals surface area contributed by atoms with Crippen LogP contribution in [0, 0.1) is 23.0 Å². The van der Waals surface area contributed by atoms with Gasteiger partial charge in [0.25, 0.3) is 0 Å². The molecule has 1 N–H and O–H groups in total. The number of carboxylic acids is 1. The number of carbonyl (C=O) groups is 2. The van der Waals surface area contributed by atoms with Crippen LogP contribution in [-0.4, -0.2) is 35.0 Å². The first-order valence-corrected chi connectivity index (χ1v) is 7.79. The quantitative estimate of drug-likeness (QED) is 0.930. The molecular weight excluding hydrogens is 304 g/mol. The van der Waals surface area contributed by atoms with Crippen LogP contribution in [0.4, 0.5) is 8.78 Å². The van der Waals surface area contributed by atoms with Gasteiger partial charge >= 0.3 is 5.97 Å². The van der Waals surface area contributed by atoms with Crippen LogP contribution in [0.2, 0.25) is 0 Å². The van der Waals surface area contributed by atoms with E-state index in [2.05, 4.69) is 0 Å². The highest BCUT2D eigenvalue weighted by Crippen LogP contribution is 2.50. The highest BCUT2D eigenvalue weighted by Gasteiger charge is 2.50. The molecule has 0 bridgehead atoms. The number of hydrogen-bond donors (Lipinski definition) is 1. The van der Waals surface area contributed by atoms with Gasteiger partial charge in [-0.3, -0.25) is 9.59 Å². The van der Waals surface area contributed by atoms with Gasteiger partial charge in [0.1, 0.15) is 11.6 Å². The Morgan fingerprint density at radius 1 is 1.30 bits per heavy atom. The van der Waals surface area contributed by atoms with Gasteiger partial charge in [0.2, 0.25) is 5.91 Å². The number of likely N-dealkylation sites (tertiary alicyclic amines) is 1. The molecule has 4 nitrogen and oxygen atoms in total. The molecule has 1 heterocycles. The number of carbonyl (C=O) groups excluding carboxylic acids is 1. The second-order valence-corrected chi connectivity index (χ2v) is 6.81. The van der Waals surface area contributed by atoms with Crippen molar-refractivity contribution in [2.45, 2.75) is 32.1 Å². The van der Waals surface area contributed by atoms with Crippen LogP contribution in [0.3, 0.4) is 0 Å². The van der Waals surface area contributed by atoms with E-state index in [4.69, 9.17) is 0 Å². The average molecular weight is 323 g/mol. The van der Waals surface area contributed by atoms with Gasteiger partial charge in [-0.05, 0) is 38.3 Å². The van der Waals surface area contributed by atoms with E-state index in [1.807, 2.05) is 0 Å². The topological polar surface area (TPSA) is 57.6 Å². The molecule has 0 spiro atoms. The minimum absolute atomic E-state index is 0.0242. The first kappa shape index (κ1) is 15.9. The van der Waals surface area contributed by atoms with Gasteiger partial charge in [0.05, 0.1) is 5.41 Å². The van der Waals surface area contributed by atoms with Crippen molar-refractivity contribution in [3.63, 3.8) is 0 Å². The van der Waals surface area contributed by atoms with E-state index < -0.39 is 34.9 Å². The third-order valence-corrected chi connectivity index (χ3v) is 5.00. The van der Waals surface area contributed by atoms with E-state index in [-0.39, 0.29) is 18.0 Å². The first-order valence-electron chi connectivity index (χ1n) is 7.79. The Balaban J connectivity index is 1.72. The van der Waals surface area contributed by atoms with Gasteiger partial charge in [-0.15, -0.1) is 0 Å². The fraction of sp³-hybridized carbons (Fsp3) is 0.529. The second kappa shape index (κ2) is 5.58. The molecule has 124 valence electrons. The van der Waals surface area contributed by atoms with Crippen molar-refractivity contribution in [1.82, 2.24) is 4.90 Å². The van der Waals surface area contributed by atoms with Gasteiger partial charge in [0.15, 0.2) is 0 Å². The molecule has 23 heavy (non-hydrogen) atoms. The van der Waals surface area contributed by atoms with E-state index in [9.17, 15) is 23.5 Å². The maximum absolute atomic E-state index is 13.8. The van der Waals surface area contributed by atoms with E-state index in [1.165, 1.54) is 18.2 Å². The summed E-state index contributed by atoms with van der Waals surface area (Å²) in [7, 11) is 0. The van der Waals surface area contributed by atoms with Gasteiger partial charge in [-0.1, -0.05) is 6.07 Å². The summed E-state index contributed by atoms with van der Waals surface area (Å²) in [6.45, 7) is 2.30. The summed E-state index contributed by atoms with van der Waals surface area (Å²) in [5.41, 5.74) is -0.967. The van der Waals surface area contributed by atoms with Gasteiger partial charge < -0.3 is 10.0 Å². The van der Waals surface area contributed by atoms with Gasteiger partial charge in [0, 0.05) is 30.5 Å². The number of benzene rings is 1. The molecule has 1 amide bonds. The van der Waals surface area contributed by atoms with E-state index in [0.717, 1.165) is 0 Å². The number of amides is 1. The zero-order valence-electron chi connectivity index (χ0n) is 12.9. The number of halogens is 2. The predicted molar refractivity (Wildman–Crippen MR) is 78.8 cm³/mol. The van der Waals surface area contributed by atoms with Gasteiger partial charge in [-0.2, -0.15) is 0 Å². The Labute approximate surface area is 133 Å². The molecule has 1 aromatic carbocycles. The van der Waals surface area contributed by atoms with Crippen molar-refractivity contribution in [1.29, 1.82) is 0 Å². The predicted octanol–water partition coefficient (Wildman–Crippen LogP) is 2.78. The molecule has 2 aliphatic rings. The second-order valence-electron chi connectivity index (χ2n) is 6.81. The zero-order valence-corrected chi connectivity index (χ0v) is 12.9. The molecule has 0 radical (unpaired) electrons. The standard InChI is InChI=1S/C17H19F2NO3/c1-17(16(22)23)6-3-7-20(9-17)15(21)11-8-10(11)14-12(18)4-2-5-13(14)19/h2,4-5,10-11H,3,6-9H2,1H3,(H,22,23). The van der Waals surface area contributed by atoms with Crippen molar-refractivity contribution in [2.75, 3.05) is 13.1 Å². The van der Waals surface area contributed by atoms with Crippen LogP contribution >= 0.6 is 0 Å². The van der Waals surface area contributed by atoms with Gasteiger partial charge in [-0.25, -0.2) is 8.78 Å². The monoisotopic (exact) mass is 323 g/mol. The molecule has 3 rings (SSSR count). The number of nitrogens with zero attached hydrogens (tertiary/aromatic N) is 1. The average Bonchev–Trinajstić information content (AvgIpc) is 3.26. The summed E-state index contributed by atoms with van der Waals surface area (Å²) >= 11 is 0. The highest BCUT2D eigenvalue weighted by molar-refractivity contribution is 5.84. The summed E-state index contributed by atoms with van der Waals surface area (Å²) in [5, 5.41) is 9.32.